The SMILES string of the molecule is Cc1ccc(C2c3[nH]c4ccccc4c3C[C@H]3C(=O)N(c4ccccc4C(=O)N[C@H](C(=O)O)C(C)C)C(=O)N23)cc1. The number of carboxylic acid groups (broad SMARTS) is 1. The van der Waals surface area contributed by atoms with E-state index in [-0.39, 0.29) is 17.2 Å². The number of amides is 4. The topological polar surface area (TPSA) is 123 Å². The third kappa shape index (κ3) is 4.25. The quantitative estimate of drug-likeness (QED) is 0.298. The van der Waals surface area contributed by atoms with Gasteiger partial charge in [0, 0.05) is 23.0 Å². The van der Waals surface area contributed by atoms with Gasteiger partial charge in [-0.2, -0.15) is 0 Å². The number of para-hydroxylation sites is 2. The summed E-state index contributed by atoms with van der Waals surface area (Å²) in [5.41, 5.74) is 4.90. The summed E-state index contributed by atoms with van der Waals surface area (Å²) in [6.07, 6.45) is 0.325. The number of carbonyl (C=O) groups excluding carboxylic acids is 3. The number of benzene rings is 3. The van der Waals surface area contributed by atoms with Crippen LogP contribution in [0.25, 0.3) is 10.9 Å². The molecule has 4 amide bonds. The lowest BCUT2D eigenvalue weighted by molar-refractivity contribution is -0.140. The van der Waals surface area contributed by atoms with Crippen LogP contribution in [0.3, 0.4) is 0 Å². The molecule has 2 aliphatic rings. The Morgan fingerprint density at radius 2 is 1.66 bits per heavy atom. The number of imide groups is 1. The highest BCUT2D eigenvalue weighted by Crippen LogP contribution is 2.45. The van der Waals surface area contributed by atoms with E-state index in [2.05, 4.69) is 10.3 Å². The van der Waals surface area contributed by atoms with Crippen molar-refractivity contribution in [3.8, 4) is 0 Å². The Kier molecular flexibility index (Phi) is 6.37. The number of carbonyl (C=O) groups is 4. The number of rotatable bonds is 6. The van der Waals surface area contributed by atoms with Gasteiger partial charge in [0.2, 0.25) is 0 Å². The third-order valence-corrected chi connectivity index (χ3v) is 8.05. The third-order valence-electron chi connectivity index (χ3n) is 8.05. The first-order chi connectivity index (χ1) is 19.7. The smallest absolute Gasteiger partial charge is 0.332 e. The number of nitrogens with one attached hydrogen (secondary N) is 2. The van der Waals surface area contributed by atoms with E-state index in [1.165, 1.54) is 6.07 Å². The van der Waals surface area contributed by atoms with E-state index in [4.69, 9.17) is 0 Å². The van der Waals surface area contributed by atoms with Gasteiger partial charge in [0.1, 0.15) is 18.1 Å². The Bertz CT molecular complexity index is 1710. The van der Waals surface area contributed by atoms with Gasteiger partial charge >= 0.3 is 12.0 Å². The summed E-state index contributed by atoms with van der Waals surface area (Å²) in [4.78, 5) is 59.6. The van der Waals surface area contributed by atoms with Crippen LogP contribution in [-0.2, 0) is 16.0 Å². The van der Waals surface area contributed by atoms with Gasteiger partial charge < -0.3 is 15.4 Å². The monoisotopic (exact) mass is 550 g/mol. The van der Waals surface area contributed by atoms with Crippen LogP contribution in [0, 0.1) is 12.8 Å². The van der Waals surface area contributed by atoms with E-state index in [0.717, 1.165) is 38.2 Å². The summed E-state index contributed by atoms with van der Waals surface area (Å²) in [5.74, 6) is -2.63. The molecule has 0 spiro atoms. The van der Waals surface area contributed by atoms with Crippen LogP contribution in [0.4, 0.5) is 10.5 Å². The molecule has 1 saturated heterocycles. The largest absolute Gasteiger partial charge is 0.480 e. The molecule has 0 saturated carbocycles. The number of urea groups is 1. The maximum Gasteiger partial charge on any atom is 0.332 e. The summed E-state index contributed by atoms with van der Waals surface area (Å²) in [5, 5.41) is 13.2. The summed E-state index contributed by atoms with van der Waals surface area (Å²) in [6, 6.07) is 19.1. The molecule has 1 fully saturated rings. The molecule has 208 valence electrons. The molecular formula is C32H30N4O5. The molecule has 0 aliphatic carbocycles. The minimum atomic E-state index is -1.16. The predicted molar refractivity (Wildman–Crippen MR) is 154 cm³/mol. The summed E-state index contributed by atoms with van der Waals surface area (Å²) >= 11 is 0. The highest BCUT2D eigenvalue weighted by molar-refractivity contribution is 6.24. The average Bonchev–Trinajstić information content (AvgIpc) is 3.45. The van der Waals surface area contributed by atoms with Gasteiger partial charge in [0.25, 0.3) is 11.8 Å². The molecule has 1 aromatic heterocycles. The standard InChI is InChI=1S/C32H30N4O5/c1-17(2)26(31(39)40)34-29(37)21-9-5-7-11-24(21)36-30(38)25-16-22-20-8-4-6-10-23(20)33-27(22)28(35(25)32(36)41)19-14-12-18(3)13-15-19/h4-15,17,25-26,28,33H,16H2,1-3H3,(H,34,37)(H,39,40)/t25-,26-,28?/m0/s1. The summed E-state index contributed by atoms with van der Waals surface area (Å²) in [6.45, 7) is 5.38. The van der Waals surface area contributed by atoms with Crippen LogP contribution in [0.5, 0.6) is 0 Å². The van der Waals surface area contributed by atoms with Gasteiger partial charge in [-0.15, -0.1) is 0 Å². The van der Waals surface area contributed by atoms with Crippen LogP contribution in [-0.4, -0.2) is 50.9 Å². The van der Waals surface area contributed by atoms with E-state index < -0.39 is 41.9 Å². The van der Waals surface area contributed by atoms with E-state index in [1.807, 2.05) is 55.5 Å². The molecule has 3 aromatic carbocycles. The molecule has 0 radical (unpaired) electrons. The first-order valence-electron chi connectivity index (χ1n) is 13.6. The number of fused-ring (bicyclic) bond motifs is 4. The second-order valence-corrected chi connectivity index (χ2v) is 11.0. The Balaban J connectivity index is 1.44. The second-order valence-electron chi connectivity index (χ2n) is 11.0. The number of hydrogen-bond acceptors (Lipinski definition) is 4. The maximum atomic E-state index is 14.2. The maximum absolute atomic E-state index is 14.2. The van der Waals surface area contributed by atoms with Crippen molar-refractivity contribution in [3.63, 3.8) is 0 Å². The van der Waals surface area contributed by atoms with Crippen LogP contribution >= 0.6 is 0 Å². The van der Waals surface area contributed by atoms with Gasteiger partial charge in [-0.1, -0.05) is 74.0 Å². The molecule has 0 bridgehead atoms. The summed E-state index contributed by atoms with van der Waals surface area (Å²) in [7, 11) is 0. The van der Waals surface area contributed by atoms with Crippen LogP contribution in [0.15, 0.2) is 72.8 Å². The molecule has 4 aromatic rings. The lowest BCUT2D eigenvalue weighted by Gasteiger charge is -2.36. The van der Waals surface area contributed by atoms with E-state index in [9.17, 15) is 24.3 Å². The van der Waals surface area contributed by atoms with Crippen LogP contribution in [0.2, 0.25) is 0 Å². The van der Waals surface area contributed by atoms with Crippen molar-refractivity contribution in [1.29, 1.82) is 0 Å². The zero-order valence-corrected chi connectivity index (χ0v) is 22.9. The average molecular weight is 551 g/mol. The Labute approximate surface area is 236 Å². The Morgan fingerprint density at radius 1 is 0.976 bits per heavy atom. The molecule has 3 atom stereocenters. The molecule has 9 nitrogen and oxygen atoms in total. The van der Waals surface area contributed by atoms with E-state index >= 15 is 0 Å². The van der Waals surface area contributed by atoms with Gasteiger partial charge in [0.05, 0.1) is 11.3 Å². The number of nitrogens with zero attached hydrogens (tertiary/aromatic N) is 2. The molecule has 9 heteroatoms. The van der Waals surface area contributed by atoms with Crippen molar-refractivity contribution in [2.24, 2.45) is 5.92 Å². The predicted octanol–water partition coefficient (Wildman–Crippen LogP) is 4.80. The van der Waals surface area contributed by atoms with Gasteiger partial charge in [-0.05, 0) is 42.2 Å². The molecule has 1 unspecified atom stereocenters. The zero-order chi connectivity index (χ0) is 29.0. The van der Waals surface area contributed by atoms with Crippen LogP contribution < -0.4 is 10.2 Å². The number of aromatic amines is 1. The van der Waals surface area contributed by atoms with Crippen molar-refractivity contribution in [1.82, 2.24) is 15.2 Å². The lowest BCUT2D eigenvalue weighted by Crippen LogP contribution is -2.45. The van der Waals surface area contributed by atoms with Gasteiger partial charge in [-0.25, -0.2) is 14.5 Å². The normalized spacial score (nSPS) is 18.9. The molecule has 3 N–H and O–H groups in total. The van der Waals surface area contributed by atoms with Crippen LogP contribution in [0.1, 0.15) is 52.6 Å². The van der Waals surface area contributed by atoms with E-state index in [0.29, 0.717) is 6.42 Å². The zero-order valence-electron chi connectivity index (χ0n) is 22.9. The first-order valence-corrected chi connectivity index (χ1v) is 13.6. The fourth-order valence-electron chi connectivity index (χ4n) is 5.98. The number of aryl methyl sites for hydroxylation is 1. The number of aromatic nitrogens is 1. The van der Waals surface area contributed by atoms with Gasteiger partial charge in [-0.3, -0.25) is 14.5 Å². The minimum Gasteiger partial charge on any atom is -0.480 e. The van der Waals surface area contributed by atoms with E-state index in [1.54, 1.807) is 36.9 Å². The highest BCUT2D eigenvalue weighted by Gasteiger charge is 2.53. The number of H-pyrrole nitrogens is 1. The molecule has 41 heavy (non-hydrogen) atoms. The fraction of sp³-hybridized carbons (Fsp3) is 0.250. The molecule has 2 aliphatic heterocycles. The number of carboxylic acids is 1. The number of anilines is 1. The second kappa shape index (κ2) is 9.92. The van der Waals surface area contributed by atoms with Crippen molar-refractivity contribution in [2.45, 2.75) is 45.3 Å². The van der Waals surface area contributed by atoms with Crippen molar-refractivity contribution in [2.75, 3.05) is 4.90 Å². The van der Waals surface area contributed by atoms with Gasteiger partial charge in [0.15, 0.2) is 0 Å². The molecular weight excluding hydrogens is 520 g/mol. The number of hydrogen-bond donors (Lipinski definition) is 3. The summed E-state index contributed by atoms with van der Waals surface area (Å²) < 4.78 is 0. The van der Waals surface area contributed by atoms with Crippen molar-refractivity contribution < 1.29 is 24.3 Å². The minimum absolute atomic E-state index is 0.0526. The fourth-order valence-corrected chi connectivity index (χ4v) is 5.98. The Hall–Kier alpha value is -4.92. The molecule has 6 rings (SSSR count). The first kappa shape index (κ1) is 26.3. The Morgan fingerprint density at radius 3 is 2.37 bits per heavy atom. The lowest BCUT2D eigenvalue weighted by atomic mass is 9.88. The molecule has 3 heterocycles. The van der Waals surface area contributed by atoms with Crippen molar-refractivity contribution >= 4 is 40.4 Å². The number of aliphatic carboxylic acids is 1. The highest BCUT2D eigenvalue weighted by atomic mass is 16.4. The van der Waals surface area contributed by atoms with Crippen molar-refractivity contribution in [3.05, 3.63) is 101 Å².